The Morgan fingerprint density at radius 2 is 1.91 bits per heavy atom. The van der Waals surface area contributed by atoms with E-state index in [4.69, 9.17) is 14.5 Å². The first-order chi connectivity index (χ1) is 15.5. The number of benzene rings is 1. The summed E-state index contributed by atoms with van der Waals surface area (Å²) in [5, 5.41) is 0.754. The van der Waals surface area contributed by atoms with Crippen LogP contribution in [0.5, 0.6) is 11.5 Å². The minimum absolute atomic E-state index is 0.0948. The zero-order valence-corrected chi connectivity index (χ0v) is 21.0. The van der Waals surface area contributed by atoms with E-state index in [0.29, 0.717) is 22.4 Å². The molecule has 32 heavy (non-hydrogen) atoms. The van der Waals surface area contributed by atoms with Crippen LogP contribution in [0, 0.1) is 6.92 Å². The van der Waals surface area contributed by atoms with E-state index in [0.717, 1.165) is 61.7 Å². The summed E-state index contributed by atoms with van der Waals surface area (Å²) < 4.78 is 11.1. The van der Waals surface area contributed by atoms with E-state index in [1.807, 2.05) is 30.0 Å². The number of carbonyl (C=O) groups is 1. The fourth-order valence-electron chi connectivity index (χ4n) is 4.51. The van der Waals surface area contributed by atoms with Crippen molar-refractivity contribution < 1.29 is 14.3 Å². The number of aromatic nitrogens is 1. The number of rotatable bonds is 9. The summed E-state index contributed by atoms with van der Waals surface area (Å²) in [7, 11) is 3.27. The molecule has 3 rings (SSSR count). The van der Waals surface area contributed by atoms with Crippen LogP contribution < -0.4 is 9.47 Å². The largest absolute Gasteiger partial charge is 0.496 e. The van der Waals surface area contributed by atoms with Crippen LogP contribution in [0.2, 0.25) is 0 Å². The van der Waals surface area contributed by atoms with Crippen LogP contribution >= 0.6 is 11.3 Å². The zero-order valence-electron chi connectivity index (χ0n) is 20.1. The van der Waals surface area contributed by atoms with E-state index in [9.17, 15) is 4.79 Å². The normalized spacial score (nSPS) is 16.8. The molecule has 6 nitrogen and oxygen atoms in total. The molecule has 0 saturated carbocycles. The average Bonchev–Trinajstić information content (AvgIpc) is 3.03. The topological polar surface area (TPSA) is 54.9 Å². The molecule has 1 aromatic heterocycles. The van der Waals surface area contributed by atoms with Gasteiger partial charge in [-0.2, -0.15) is 0 Å². The molecule has 1 atom stereocenters. The Bertz CT molecular complexity index is 876. The van der Waals surface area contributed by atoms with Crippen LogP contribution in [0.3, 0.4) is 0 Å². The van der Waals surface area contributed by atoms with Crippen molar-refractivity contribution in [2.75, 3.05) is 40.4 Å². The van der Waals surface area contributed by atoms with Gasteiger partial charge in [0.15, 0.2) is 0 Å². The molecule has 1 aliphatic rings. The highest BCUT2D eigenvalue weighted by Crippen LogP contribution is 2.41. The summed E-state index contributed by atoms with van der Waals surface area (Å²) in [6.07, 6.45) is 5.70. The second-order valence-corrected chi connectivity index (χ2v) is 9.33. The van der Waals surface area contributed by atoms with E-state index in [2.05, 4.69) is 18.7 Å². The van der Waals surface area contributed by atoms with Gasteiger partial charge in [0.2, 0.25) is 0 Å². The molecule has 1 aromatic carbocycles. The maximum atomic E-state index is 13.5. The molecule has 7 heteroatoms. The lowest BCUT2D eigenvalue weighted by molar-refractivity contribution is 0.0760. The average molecular weight is 460 g/mol. The van der Waals surface area contributed by atoms with Crippen LogP contribution in [0.1, 0.15) is 61.3 Å². The quantitative estimate of drug-likeness (QED) is 0.512. The number of methoxy groups -OCH3 is 2. The lowest BCUT2D eigenvalue weighted by Gasteiger charge is -2.30. The van der Waals surface area contributed by atoms with Gasteiger partial charge in [-0.25, -0.2) is 4.98 Å². The number of nitrogens with zero attached hydrogens (tertiary/aromatic N) is 3. The molecule has 0 N–H and O–H groups in total. The number of likely N-dealkylation sites (tertiary alicyclic amines) is 1. The van der Waals surface area contributed by atoms with E-state index in [1.165, 1.54) is 24.2 Å². The molecule has 1 aliphatic heterocycles. The molecule has 0 radical (unpaired) electrons. The van der Waals surface area contributed by atoms with Crippen LogP contribution in [-0.2, 0) is 0 Å². The van der Waals surface area contributed by atoms with E-state index in [-0.39, 0.29) is 5.91 Å². The fraction of sp³-hybridized carbons (Fsp3) is 0.600. The molecule has 0 spiro atoms. The van der Waals surface area contributed by atoms with E-state index < -0.39 is 0 Å². The molecule has 1 amide bonds. The summed E-state index contributed by atoms with van der Waals surface area (Å²) >= 11 is 1.43. The fourth-order valence-corrected chi connectivity index (χ4v) is 5.60. The number of hydrogen-bond acceptors (Lipinski definition) is 6. The van der Waals surface area contributed by atoms with Crippen molar-refractivity contribution in [2.24, 2.45) is 0 Å². The summed E-state index contributed by atoms with van der Waals surface area (Å²) in [6.45, 7) is 10.3. The van der Waals surface area contributed by atoms with Crippen molar-refractivity contribution in [2.45, 2.75) is 58.9 Å². The molecule has 2 aromatic rings. The smallest absolute Gasteiger partial charge is 0.265 e. The monoisotopic (exact) mass is 459 g/mol. The SMILES string of the molecule is CCCCN(CC)C1CCCN(C(=O)c2sc(-c3c(OC)cccc3OC)nc2C)CC1. The van der Waals surface area contributed by atoms with Gasteiger partial charge in [-0.3, -0.25) is 4.79 Å². The number of aryl methyl sites for hydroxylation is 1. The van der Waals surface area contributed by atoms with Gasteiger partial charge >= 0.3 is 0 Å². The molecule has 0 aliphatic carbocycles. The highest BCUT2D eigenvalue weighted by Gasteiger charge is 2.28. The molecule has 1 unspecified atom stereocenters. The summed E-state index contributed by atoms with van der Waals surface area (Å²) in [6, 6.07) is 6.24. The summed E-state index contributed by atoms with van der Waals surface area (Å²) in [4.78, 5) is 23.5. The highest BCUT2D eigenvalue weighted by atomic mass is 32.1. The minimum Gasteiger partial charge on any atom is -0.496 e. The molecule has 1 saturated heterocycles. The summed E-state index contributed by atoms with van der Waals surface area (Å²) in [5.41, 5.74) is 1.57. The second kappa shape index (κ2) is 11.7. The van der Waals surface area contributed by atoms with Crippen LogP contribution in [0.4, 0.5) is 0 Å². The first-order valence-electron chi connectivity index (χ1n) is 11.8. The Balaban J connectivity index is 1.78. The standard InChI is InChI=1S/C25H37N3O3S/c1-6-8-15-27(7-2)19-11-10-16-28(17-14-19)25(29)23-18(3)26-24(32-23)22-20(30-4)12-9-13-21(22)31-5/h9,12-13,19H,6-8,10-11,14-17H2,1-5H3. The maximum absolute atomic E-state index is 13.5. The minimum atomic E-state index is 0.0948. The van der Waals surface area contributed by atoms with Gasteiger partial charge in [-0.05, 0) is 57.8 Å². The number of carbonyl (C=O) groups excluding carboxylic acids is 1. The van der Waals surface area contributed by atoms with Crippen LogP contribution in [0.25, 0.3) is 10.6 Å². The van der Waals surface area contributed by atoms with Crippen LogP contribution in [0.15, 0.2) is 18.2 Å². The third-order valence-corrected chi connectivity index (χ3v) is 7.50. The molecule has 1 fully saturated rings. The van der Waals surface area contributed by atoms with Gasteiger partial charge in [0.05, 0.1) is 25.5 Å². The third-order valence-electron chi connectivity index (χ3n) is 6.34. The van der Waals surface area contributed by atoms with Gasteiger partial charge < -0.3 is 19.3 Å². The first-order valence-corrected chi connectivity index (χ1v) is 12.6. The predicted octanol–water partition coefficient (Wildman–Crippen LogP) is 5.25. The number of unbranched alkanes of at least 4 members (excludes halogenated alkanes) is 1. The molecule has 2 heterocycles. The lowest BCUT2D eigenvalue weighted by Crippen LogP contribution is -2.37. The van der Waals surface area contributed by atoms with Gasteiger partial charge in [-0.15, -0.1) is 11.3 Å². The lowest BCUT2D eigenvalue weighted by atomic mass is 10.1. The predicted molar refractivity (Wildman–Crippen MR) is 131 cm³/mol. The van der Waals surface area contributed by atoms with Crippen molar-refractivity contribution in [1.29, 1.82) is 0 Å². The third kappa shape index (κ3) is 5.44. The van der Waals surface area contributed by atoms with Gasteiger partial charge in [0.25, 0.3) is 5.91 Å². The van der Waals surface area contributed by atoms with Crippen molar-refractivity contribution in [3.63, 3.8) is 0 Å². The Hall–Kier alpha value is -2.12. The number of thiazole rings is 1. The van der Waals surface area contributed by atoms with Crippen molar-refractivity contribution >= 4 is 17.2 Å². The Labute approximate surface area is 196 Å². The van der Waals surface area contributed by atoms with Crippen LogP contribution in [-0.4, -0.2) is 67.1 Å². The van der Waals surface area contributed by atoms with Crippen molar-refractivity contribution in [1.82, 2.24) is 14.8 Å². The molecule has 0 bridgehead atoms. The molecular weight excluding hydrogens is 422 g/mol. The van der Waals surface area contributed by atoms with Gasteiger partial charge in [0, 0.05) is 19.1 Å². The van der Waals surface area contributed by atoms with E-state index in [1.54, 1.807) is 14.2 Å². The Morgan fingerprint density at radius 1 is 1.19 bits per heavy atom. The number of amides is 1. The summed E-state index contributed by atoms with van der Waals surface area (Å²) in [5.74, 6) is 1.49. The molecule has 176 valence electrons. The maximum Gasteiger partial charge on any atom is 0.265 e. The Morgan fingerprint density at radius 3 is 2.53 bits per heavy atom. The highest BCUT2D eigenvalue weighted by molar-refractivity contribution is 7.17. The first kappa shape index (κ1) is 24.5. The van der Waals surface area contributed by atoms with Gasteiger partial charge in [0.1, 0.15) is 21.4 Å². The van der Waals surface area contributed by atoms with Crippen molar-refractivity contribution in [3.8, 4) is 22.1 Å². The zero-order chi connectivity index (χ0) is 23.1. The number of ether oxygens (including phenoxy) is 2. The van der Waals surface area contributed by atoms with Crippen molar-refractivity contribution in [3.05, 3.63) is 28.8 Å². The molecular formula is C25H37N3O3S. The Kier molecular flexibility index (Phi) is 8.93. The second-order valence-electron chi connectivity index (χ2n) is 8.33. The number of hydrogen-bond donors (Lipinski definition) is 0. The van der Waals surface area contributed by atoms with Gasteiger partial charge in [-0.1, -0.05) is 26.3 Å². The van der Waals surface area contributed by atoms with E-state index >= 15 is 0 Å².